The van der Waals surface area contributed by atoms with E-state index < -0.39 is 18.5 Å². The lowest BCUT2D eigenvalue weighted by Gasteiger charge is -2.07. The number of hydrogen-bond donors (Lipinski definition) is 2. The molecule has 0 aliphatic heterocycles. The van der Waals surface area contributed by atoms with E-state index in [1.807, 2.05) is 0 Å². The van der Waals surface area contributed by atoms with Crippen LogP contribution in [0.15, 0.2) is 36.4 Å². The average molecular weight is 308 g/mol. The molecule has 0 aliphatic carbocycles. The van der Waals surface area contributed by atoms with Crippen LogP contribution in [0.3, 0.4) is 0 Å². The first-order chi connectivity index (χ1) is 10.0. The smallest absolute Gasteiger partial charge is 0.341 e. The molecule has 2 aromatic rings. The number of nitrogens with zero attached hydrogens (tertiary/aromatic N) is 2. The van der Waals surface area contributed by atoms with Crippen LogP contribution >= 0.6 is 11.6 Å². The lowest BCUT2D eigenvalue weighted by molar-refractivity contribution is -0.139. The highest BCUT2D eigenvalue weighted by Crippen LogP contribution is 2.18. The number of carboxylic acids is 1. The third kappa shape index (κ3) is 4.43. The zero-order chi connectivity index (χ0) is 15.2. The highest BCUT2D eigenvalue weighted by atomic mass is 35.5. The Labute approximate surface area is 124 Å². The van der Waals surface area contributed by atoms with Crippen LogP contribution in [0.1, 0.15) is 10.5 Å². The summed E-state index contributed by atoms with van der Waals surface area (Å²) in [5.41, 5.74) is 0.552. The van der Waals surface area contributed by atoms with Crippen LogP contribution in [0.25, 0.3) is 0 Å². The van der Waals surface area contributed by atoms with Gasteiger partial charge < -0.3 is 15.2 Å². The second kappa shape index (κ2) is 6.67. The predicted octanol–water partition coefficient (Wildman–Crippen LogP) is 1.85. The van der Waals surface area contributed by atoms with Crippen molar-refractivity contribution in [3.05, 3.63) is 47.2 Å². The molecule has 0 aliphatic rings. The van der Waals surface area contributed by atoms with Gasteiger partial charge >= 0.3 is 5.97 Å². The summed E-state index contributed by atoms with van der Waals surface area (Å²) in [6.45, 7) is -0.458. The van der Waals surface area contributed by atoms with Gasteiger partial charge in [0.1, 0.15) is 5.75 Å². The van der Waals surface area contributed by atoms with E-state index in [0.717, 1.165) is 0 Å². The number of aliphatic carboxylic acids is 1. The first-order valence-corrected chi connectivity index (χ1v) is 6.17. The maximum Gasteiger partial charge on any atom is 0.341 e. The predicted molar refractivity (Wildman–Crippen MR) is 74.6 cm³/mol. The van der Waals surface area contributed by atoms with Crippen molar-refractivity contribution < 1.29 is 19.4 Å². The Hall–Kier alpha value is -2.67. The van der Waals surface area contributed by atoms with E-state index in [1.54, 1.807) is 18.2 Å². The fourth-order valence-corrected chi connectivity index (χ4v) is 1.54. The van der Waals surface area contributed by atoms with Crippen molar-refractivity contribution in [2.75, 3.05) is 11.9 Å². The summed E-state index contributed by atoms with van der Waals surface area (Å²) in [7, 11) is 0. The van der Waals surface area contributed by atoms with Crippen molar-refractivity contribution in [2.24, 2.45) is 0 Å². The molecule has 0 saturated heterocycles. The van der Waals surface area contributed by atoms with Gasteiger partial charge in [-0.3, -0.25) is 4.79 Å². The third-order valence-electron chi connectivity index (χ3n) is 2.32. The number of rotatable bonds is 5. The molecular weight excluding hydrogens is 298 g/mol. The molecule has 108 valence electrons. The summed E-state index contributed by atoms with van der Waals surface area (Å²) in [6.07, 6.45) is 0. The van der Waals surface area contributed by atoms with Crippen LogP contribution in [0.2, 0.25) is 5.15 Å². The van der Waals surface area contributed by atoms with Gasteiger partial charge in [0.05, 0.1) is 0 Å². The fraction of sp³-hybridized carbons (Fsp3) is 0.0769. The van der Waals surface area contributed by atoms with E-state index in [1.165, 1.54) is 18.2 Å². The Balaban J connectivity index is 2.05. The molecule has 1 aromatic heterocycles. The molecule has 2 N–H and O–H groups in total. The second-order valence-electron chi connectivity index (χ2n) is 3.91. The molecule has 7 nitrogen and oxygen atoms in total. The maximum atomic E-state index is 11.9. The molecule has 0 unspecified atom stereocenters. The van der Waals surface area contributed by atoms with Crippen molar-refractivity contribution in [3.63, 3.8) is 0 Å². The molecule has 0 atom stereocenters. The molecule has 21 heavy (non-hydrogen) atoms. The molecule has 0 bridgehead atoms. The molecule has 2 rings (SSSR count). The van der Waals surface area contributed by atoms with Gasteiger partial charge in [-0.15, -0.1) is 10.2 Å². The van der Waals surface area contributed by atoms with Crippen LogP contribution in [-0.4, -0.2) is 33.8 Å². The van der Waals surface area contributed by atoms with E-state index in [9.17, 15) is 9.59 Å². The number of carbonyl (C=O) groups is 2. The monoisotopic (exact) mass is 307 g/mol. The number of benzene rings is 1. The number of carbonyl (C=O) groups excluding carboxylic acids is 1. The van der Waals surface area contributed by atoms with E-state index in [0.29, 0.717) is 11.4 Å². The van der Waals surface area contributed by atoms with Gasteiger partial charge in [0.15, 0.2) is 17.5 Å². The summed E-state index contributed by atoms with van der Waals surface area (Å²) in [5.74, 6) is -1.21. The van der Waals surface area contributed by atoms with Gasteiger partial charge in [-0.2, -0.15) is 0 Å². The van der Waals surface area contributed by atoms with Gasteiger partial charge in [-0.05, 0) is 24.3 Å². The van der Waals surface area contributed by atoms with Crippen LogP contribution in [-0.2, 0) is 4.79 Å². The van der Waals surface area contributed by atoms with Crippen molar-refractivity contribution in [3.8, 4) is 5.75 Å². The Bertz CT molecular complexity index is 661. The molecule has 1 aromatic carbocycles. The third-order valence-corrected chi connectivity index (χ3v) is 2.52. The number of anilines is 1. The number of nitrogens with one attached hydrogen (secondary N) is 1. The average Bonchev–Trinajstić information content (AvgIpc) is 2.46. The van der Waals surface area contributed by atoms with Crippen molar-refractivity contribution in [2.45, 2.75) is 0 Å². The molecular formula is C13H10ClN3O4. The molecule has 1 amide bonds. The molecule has 0 spiro atoms. The van der Waals surface area contributed by atoms with Gasteiger partial charge in [0.2, 0.25) is 0 Å². The van der Waals surface area contributed by atoms with Crippen LogP contribution in [0.5, 0.6) is 5.75 Å². The number of hydrogen-bond acceptors (Lipinski definition) is 5. The summed E-state index contributed by atoms with van der Waals surface area (Å²) in [5, 5.41) is 18.6. The Morgan fingerprint density at radius 3 is 2.71 bits per heavy atom. The molecule has 0 saturated carbocycles. The number of halogens is 1. The van der Waals surface area contributed by atoms with Crippen molar-refractivity contribution >= 4 is 29.2 Å². The van der Waals surface area contributed by atoms with Crippen LogP contribution in [0, 0.1) is 0 Å². The molecule has 8 heteroatoms. The topological polar surface area (TPSA) is 101 Å². The van der Waals surface area contributed by atoms with E-state index in [2.05, 4.69) is 15.5 Å². The van der Waals surface area contributed by atoms with Crippen LogP contribution < -0.4 is 10.1 Å². The zero-order valence-electron chi connectivity index (χ0n) is 10.6. The summed E-state index contributed by atoms with van der Waals surface area (Å²) < 4.78 is 5.01. The quantitative estimate of drug-likeness (QED) is 0.874. The minimum absolute atomic E-state index is 0.108. The molecule has 0 radical (unpaired) electrons. The molecule has 1 heterocycles. The summed E-state index contributed by atoms with van der Waals surface area (Å²) in [6, 6.07) is 9.24. The number of ether oxygens (including phenoxy) is 1. The summed E-state index contributed by atoms with van der Waals surface area (Å²) >= 11 is 5.59. The normalized spacial score (nSPS) is 9.95. The van der Waals surface area contributed by atoms with Gasteiger partial charge in [-0.1, -0.05) is 17.7 Å². The standard InChI is InChI=1S/C13H10ClN3O4/c14-11-5-4-10(16-17-11)13(20)15-8-2-1-3-9(6-8)21-7-12(18)19/h1-6H,7H2,(H,15,20)(H,18,19). The zero-order valence-corrected chi connectivity index (χ0v) is 11.4. The maximum absolute atomic E-state index is 11.9. The lowest BCUT2D eigenvalue weighted by Crippen LogP contribution is -2.14. The first kappa shape index (κ1) is 14.7. The van der Waals surface area contributed by atoms with Gasteiger partial charge in [0.25, 0.3) is 5.91 Å². The van der Waals surface area contributed by atoms with Gasteiger partial charge in [-0.25, -0.2) is 4.79 Å². The van der Waals surface area contributed by atoms with Crippen molar-refractivity contribution in [1.29, 1.82) is 0 Å². The van der Waals surface area contributed by atoms with Crippen molar-refractivity contribution in [1.82, 2.24) is 10.2 Å². The Morgan fingerprint density at radius 1 is 1.24 bits per heavy atom. The number of aromatic nitrogens is 2. The largest absolute Gasteiger partial charge is 0.482 e. The van der Waals surface area contributed by atoms with E-state index in [4.69, 9.17) is 21.4 Å². The minimum atomic E-state index is -1.08. The van der Waals surface area contributed by atoms with Gasteiger partial charge in [0, 0.05) is 11.8 Å². The SMILES string of the molecule is O=C(O)COc1cccc(NC(=O)c2ccc(Cl)nn2)c1. The Morgan fingerprint density at radius 2 is 2.05 bits per heavy atom. The minimum Gasteiger partial charge on any atom is -0.482 e. The fourth-order valence-electron chi connectivity index (χ4n) is 1.44. The highest BCUT2D eigenvalue weighted by Gasteiger charge is 2.09. The first-order valence-electron chi connectivity index (χ1n) is 5.80. The Kier molecular flexibility index (Phi) is 4.68. The van der Waals surface area contributed by atoms with E-state index >= 15 is 0 Å². The second-order valence-corrected chi connectivity index (χ2v) is 4.29. The molecule has 0 fully saturated rings. The van der Waals surface area contributed by atoms with E-state index in [-0.39, 0.29) is 10.8 Å². The number of amides is 1. The highest BCUT2D eigenvalue weighted by molar-refractivity contribution is 6.29. The number of carboxylic acid groups (broad SMARTS) is 1. The lowest BCUT2D eigenvalue weighted by atomic mass is 10.3. The summed E-state index contributed by atoms with van der Waals surface area (Å²) in [4.78, 5) is 22.3. The van der Waals surface area contributed by atoms with Crippen LogP contribution in [0.4, 0.5) is 5.69 Å².